The fraction of sp³-hybridized carbons (Fsp3) is 0.190. The van der Waals surface area contributed by atoms with Gasteiger partial charge in [-0.25, -0.2) is 9.50 Å². The molecular formula is C21H18N6O2. The number of aromatic nitrogens is 4. The third kappa shape index (κ3) is 2.89. The molecule has 3 heterocycles. The lowest BCUT2D eigenvalue weighted by Crippen LogP contribution is -2.25. The molecule has 4 aromatic rings. The van der Waals surface area contributed by atoms with Crippen molar-refractivity contribution in [2.45, 2.75) is 27.0 Å². The number of hydrogen-bond acceptors (Lipinski definition) is 6. The second kappa shape index (κ2) is 6.37. The lowest BCUT2D eigenvalue weighted by molar-refractivity contribution is -0.135. The summed E-state index contributed by atoms with van der Waals surface area (Å²) in [6.07, 6.45) is -0.672. The average molecular weight is 386 g/mol. The molecule has 1 atom stereocenters. The van der Waals surface area contributed by atoms with E-state index in [9.17, 15) is 4.79 Å². The first-order valence-electron chi connectivity index (χ1n) is 9.25. The maximum atomic E-state index is 12.2. The second-order valence-corrected chi connectivity index (χ2v) is 7.03. The molecule has 0 aliphatic carbocycles. The van der Waals surface area contributed by atoms with Gasteiger partial charge in [-0.2, -0.15) is 9.99 Å². The number of ether oxygens (including phenoxy) is 1. The monoisotopic (exact) mass is 386 g/mol. The molecule has 0 N–H and O–H groups in total. The number of aryl methyl sites for hydroxylation is 2. The van der Waals surface area contributed by atoms with Crippen molar-refractivity contribution in [1.29, 1.82) is 0 Å². The molecule has 0 saturated heterocycles. The van der Waals surface area contributed by atoms with E-state index in [1.165, 1.54) is 11.9 Å². The minimum atomic E-state index is -0.672. The molecule has 29 heavy (non-hydrogen) atoms. The van der Waals surface area contributed by atoms with Crippen molar-refractivity contribution in [3.63, 3.8) is 0 Å². The van der Waals surface area contributed by atoms with Crippen LogP contribution >= 0.6 is 0 Å². The van der Waals surface area contributed by atoms with Crippen LogP contribution in [-0.2, 0) is 9.53 Å². The quantitative estimate of drug-likeness (QED) is 0.528. The van der Waals surface area contributed by atoms with Crippen LogP contribution in [0.15, 0.2) is 53.6 Å². The van der Waals surface area contributed by atoms with Crippen LogP contribution in [0.1, 0.15) is 35.9 Å². The van der Waals surface area contributed by atoms with Crippen LogP contribution in [0.25, 0.3) is 16.6 Å². The van der Waals surface area contributed by atoms with Gasteiger partial charge in [-0.3, -0.25) is 4.79 Å². The molecule has 1 aliphatic rings. The Balaban J connectivity index is 1.55. The molecule has 0 fully saturated rings. The number of amides is 1. The van der Waals surface area contributed by atoms with Crippen LogP contribution in [0.3, 0.4) is 0 Å². The summed E-state index contributed by atoms with van der Waals surface area (Å²) < 4.78 is 7.68. The summed E-state index contributed by atoms with van der Waals surface area (Å²) in [5.74, 6) is 0.723. The number of rotatable bonds is 2. The van der Waals surface area contributed by atoms with Crippen molar-refractivity contribution in [3.8, 4) is 0 Å². The number of carbonyl (C=O) groups is 1. The fourth-order valence-electron chi connectivity index (χ4n) is 3.49. The number of hydrazone groups is 1. The maximum Gasteiger partial charge on any atom is 0.281 e. The molecule has 2 aromatic heterocycles. The average Bonchev–Trinajstić information content (AvgIpc) is 3.32. The van der Waals surface area contributed by atoms with Gasteiger partial charge >= 0.3 is 0 Å². The molecule has 0 bridgehead atoms. The largest absolute Gasteiger partial charge is 0.443 e. The van der Waals surface area contributed by atoms with E-state index < -0.39 is 6.23 Å². The van der Waals surface area contributed by atoms with Crippen molar-refractivity contribution in [3.05, 3.63) is 71.3 Å². The van der Waals surface area contributed by atoms with Gasteiger partial charge in [0.2, 0.25) is 18.0 Å². The van der Waals surface area contributed by atoms with Crippen LogP contribution in [0.4, 0.5) is 0 Å². The van der Waals surface area contributed by atoms with Crippen LogP contribution in [0.2, 0.25) is 0 Å². The fourth-order valence-corrected chi connectivity index (χ4v) is 3.49. The van der Waals surface area contributed by atoms with E-state index in [4.69, 9.17) is 4.74 Å². The minimum absolute atomic E-state index is 0.195. The number of benzene rings is 2. The van der Waals surface area contributed by atoms with Gasteiger partial charge in [-0.1, -0.05) is 36.4 Å². The smallest absolute Gasteiger partial charge is 0.281 e. The Hall–Kier alpha value is -3.81. The third-order valence-electron chi connectivity index (χ3n) is 4.83. The Kier molecular flexibility index (Phi) is 3.80. The molecule has 0 saturated carbocycles. The Morgan fingerprint density at radius 3 is 2.62 bits per heavy atom. The van der Waals surface area contributed by atoms with Crippen molar-refractivity contribution in [2.75, 3.05) is 0 Å². The van der Waals surface area contributed by atoms with Gasteiger partial charge < -0.3 is 4.74 Å². The standard InChI is InChI=1S/C21H18N6O2/c1-12-10-13(2)26-21(22-12)23-18(24-26)19-25-27(14(3)28)20(29-19)17-9-8-15-6-4-5-7-16(15)11-17/h4-11,20H,1-3H3/t20-/m1/s1. The van der Waals surface area contributed by atoms with E-state index in [0.717, 1.165) is 27.7 Å². The molecule has 0 radical (unpaired) electrons. The van der Waals surface area contributed by atoms with Crippen molar-refractivity contribution >= 4 is 28.4 Å². The molecular weight excluding hydrogens is 368 g/mol. The van der Waals surface area contributed by atoms with Crippen LogP contribution < -0.4 is 0 Å². The summed E-state index contributed by atoms with van der Waals surface area (Å²) in [6.45, 7) is 5.28. The topological polar surface area (TPSA) is 85.0 Å². The van der Waals surface area contributed by atoms with Gasteiger partial charge in [-0.15, -0.1) is 10.2 Å². The van der Waals surface area contributed by atoms with Gasteiger partial charge in [0.1, 0.15) is 0 Å². The number of carbonyl (C=O) groups excluding carboxylic acids is 1. The van der Waals surface area contributed by atoms with Crippen LogP contribution in [0, 0.1) is 13.8 Å². The predicted molar refractivity (Wildman–Crippen MR) is 107 cm³/mol. The summed E-state index contributed by atoms with van der Waals surface area (Å²) in [5, 5.41) is 12.3. The SMILES string of the molecule is CC(=O)N1N=C(c2nc3nc(C)cc(C)n3n2)O[C@@H]1c1ccc2ccccc2c1. The summed E-state index contributed by atoms with van der Waals surface area (Å²) in [5.41, 5.74) is 2.58. The zero-order valence-corrected chi connectivity index (χ0v) is 16.2. The lowest BCUT2D eigenvalue weighted by Gasteiger charge is -2.19. The van der Waals surface area contributed by atoms with Crippen molar-refractivity contribution in [2.24, 2.45) is 5.10 Å². The van der Waals surface area contributed by atoms with E-state index in [0.29, 0.717) is 11.6 Å². The minimum Gasteiger partial charge on any atom is -0.443 e. The molecule has 5 rings (SSSR count). The normalized spacial score (nSPS) is 16.3. The van der Waals surface area contributed by atoms with E-state index in [1.54, 1.807) is 4.52 Å². The summed E-state index contributed by atoms with van der Waals surface area (Å²) in [7, 11) is 0. The lowest BCUT2D eigenvalue weighted by atomic mass is 10.1. The highest BCUT2D eigenvalue weighted by molar-refractivity contribution is 5.93. The van der Waals surface area contributed by atoms with E-state index in [1.807, 2.05) is 62.4 Å². The van der Waals surface area contributed by atoms with E-state index in [-0.39, 0.29) is 11.8 Å². The summed E-state index contributed by atoms with van der Waals surface area (Å²) in [4.78, 5) is 21.0. The van der Waals surface area contributed by atoms with E-state index in [2.05, 4.69) is 20.2 Å². The molecule has 0 unspecified atom stereocenters. The Bertz CT molecular complexity index is 1310. The first-order valence-corrected chi connectivity index (χ1v) is 9.25. The van der Waals surface area contributed by atoms with Crippen LogP contribution in [-0.4, -0.2) is 36.4 Å². The van der Waals surface area contributed by atoms with E-state index >= 15 is 0 Å². The van der Waals surface area contributed by atoms with Crippen molar-refractivity contribution < 1.29 is 9.53 Å². The highest BCUT2D eigenvalue weighted by atomic mass is 16.5. The van der Waals surface area contributed by atoms with Gasteiger partial charge in [0.25, 0.3) is 11.7 Å². The third-order valence-corrected chi connectivity index (χ3v) is 4.83. The van der Waals surface area contributed by atoms with Gasteiger partial charge in [0, 0.05) is 23.9 Å². The van der Waals surface area contributed by atoms with Gasteiger partial charge in [-0.05, 0) is 36.8 Å². The second-order valence-electron chi connectivity index (χ2n) is 7.03. The van der Waals surface area contributed by atoms with Gasteiger partial charge in [0.15, 0.2) is 0 Å². The number of nitrogens with zero attached hydrogens (tertiary/aromatic N) is 6. The summed E-state index contributed by atoms with van der Waals surface area (Å²) >= 11 is 0. The first-order chi connectivity index (χ1) is 14.0. The Morgan fingerprint density at radius 1 is 1.03 bits per heavy atom. The molecule has 8 nitrogen and oxygen atoms in total. The zero-order valence-electron chi connectivity index (χ0n) is 16.2. The molecule has 2 aromatic carbocycles. The predicted octanol–water partition coefficient (Wildman–Crippen LogP) is 3.13. The van der Waals surface area contributed by atoms with Crippen LogP contribution in [0.5, 0.6) is 0 Å². The molecule has 144 valence electrons. The number of hydrogen-bond donors (Lipinski definition) is 0. The molecule has 1 aliphatic heterocycles. The molecule has 1 amide bonds. The highest BCUT2D eigenvalue weighted by Gasteiger charge is 2.35. The highest BCUT2D eigenvalue weighted by Crippen LogP contribution is 2.31. The Labute approximate surface area is 166 Å². The summed E-state index contributed by atoms with van der Waals surface area (Å²) in [6, 6.07) is 15.9. The maximum absolute atomic E-state index is 12.2. The molecule has 8 heteroatoms. The Morgan fingerprint density at radius 2 is 1.83 bits per heavy atom. The zero-order chi connectivity index (χ0) is 20.1. The first kappa shape index (κ1) is 17.3. The number of fused-ring (bicyclic) bond motifs is 2. The van der Waals surface area contributed by atoms with Gasteiger partial charge in [0.05, 0.1) is 0 Å². The van der Waals surface area contributed by atoms with Crippen molar-refractivity contribution in [1.82, 2.24) is 24.6 Å². The molecule has 0 spiro atoms.